The van der Waals surface area contributed by atoms with Crippen molar-refractivity contribution in [3.63, 3.8) is 0 Å². The summed E-state index contributed by atoms with van der Waals surface area (Å²) in [4.78, 5) is 2.36. The second-order valence-electron chi connectivity index (χ2n) is 8.89. The first kappa shape index (κ1) is 26.0. The number of nitrogens with two attached hydrogens (primary N) is 1. The van der Waals surface area contributed by atoms with Crippen LogP contribution in [0.1, 0.15) is 30.4 Å². The molecule has 0 saturated heterocycles. The summed E-state index contributed by atoms with van der Waals surface area (Å²) in [6, 6.07) is 13.8. The Morgan fingerprint density at radius 2 is 1.62 bits per heavy atom. The third-order valence-electron chi connectivity index (χ3n) is 6.64. The molecule has 194 valence electrons. The van der Waals surface area contributed by atoms with Gasteiger partial charge in [-0.2, -0.15) is 5.26 Å². The van der Waals surface area contributed by atoms with Gasteiger partial charge in [0, 0.05) is 18.7 Å². The van der Waals surface area contributed by atoms with Gasteiger partial charge in [0.25, 0.3) is 0 Å². The van der Waals surface area contributed by atoms with E-state index in [1.54, 1.807) is 28.4 Å². The molecule has 0 bridgehead atoms. The third kappa shape index (κ3) is 5.09. The Labute approximate surface area is 218 Å². The summed E-state index contributed by atoms with van der Waals surface area (Å²) in [6.07, 6.45) is 3.08. The van der Waals surface area contributed by atoms with Gasteiger partial charge in [0.1, 0.15) is 17.4 Å². The van der Waals surface area contributed by atoms with Crippen molar-refractivity contribution >= 4 is 6.08 Å². The number of nitrogens with zero attached hydrogens (tertiary/aromatic N) is 2. The molecule has 2 aliphatic heterocycles. The highest BCUT2D eigenvalue weighted by Crippen LogP contribution is 2.45. The zero-order valence-electron chi connectivity index (χ0n) is 22.0. The summed E-state index contributed by atoms with van der Waals surface area (Å²) >= 11 is 0. The zero-order valence-corrected chi connectivity index (χ0v) is 22.0. The molecule has 4 rings (SSSR count). The fourth-order valence-electron chi connectivity index (χ4n) is 4.97. The van der Waals surface area contributed by atoms with Crippen LogP contribution in [0.25, 0.3) is 6.08 Å². The van der Waals surface area contributed by atoms with Crippen molar-refractivity contribution in [1.29, 1.82) is 5.26 Å². The summed E-state index contributed by atoms with van der Waals surface area (Å²) in [6.45, 7) is 4.40. The number of allylic oxidation sites excluding steroid dienone is 1. The van der Waals surface area contributed by atoms with Gasteiger partial charge in [-0.05, 0) is 60.0 Å². The van der Waals surface area contributed by atoms with Gasteiger partial charge in [-0.25, -0.2) is 0 Å². The van der Waals surface area contributed by atoms with Crippen LogP contribution in [0, 0.1) is 11.3 Å². The van der Waals surface area contributed by atoms with Gasteiger partial charge >= 0.3 is 0 Å². The lowest BCUT2D eigenvalue weighted by atomic mass is 9.80. The highest BCUT2D eigenvalue weighted by atomic mass is 16.5. The highest BCUT2D eigenvalue weighted by Gasteiger charge is 2.38. The molecular formula is C29H33N3O5. The molecule has 0 radical (unpaired) electrons. The Kier molecular flexibility index (Phi) is 7.95. The van der Waals surface area contributed by atoms with Gasteiger partial charge in [0.05, 0.1) is 34.4 Å². The zero-order chi connectivity index (χ0) is 26.5. The maximum atomic E-state index is 10.1. The van der Waals surface area contributed by atoms with E-state index in [1.165, 1.54) is 0 Å². The topological polar surface area (TPSA) is 99.2 Å². The lowest BCUT2D eigenvalue weighted by Crippen LogP contribution is -2.38. The van der Waals surface area contributed by atoms with Crippen molar-refractivity contribution in [2.45, 2.75) is 19.3 Å². The average molecular weight is 504 g/mol. The quantitative estimate of drug-likeness (QED) is 0.558. The molecule has 37 heavy (non-hydrogen) atoms. The smallest absolute Gasteiger partial charge is 0.205 e. The van der Waals surface area contributed by atoms with E-state index in [2.05, 4.69) is 24.0 Å². The van der Waals surface area contributed by atoms with Crippen LogP contribution in [-0.2, 0) is 4.74 Å². The number of hydrogen-bond acceptors (Lipinski definition) is 8. The standard InChI is InChI=1S/C29H33N3O5/c1-6-11-32-16-20(12-18-7-9-23(33-2)25(13-18)35-4)28-22(17-32)27(21(15-30)29(31)37-28)19-8-10-24(34-3)26(14-19)36-5/h7-10,12-14,27H,6,11,16-17,31H2,1-5H3. The summed E-state index contributed by atoms with van der Waals surface area (Å²) in [7, 11) is 6.42. The summed E-state index contributed by atoms with van der Waals surface area (Å²) in [5, 5.41) is 10.1. The first-order valence-corrected chi connectivity index (χ1v) is 12.2. The molecule has 2 aromatic rings. The SMILES string of the molecule is CCCN1CC(=Cc2ccc(OC)c(OC)c2)C2=C(C1)C(c1ccc(OC)c(OC)c1)C(C#N)=C(N)O2. The van der Waals surface area contributed by atoms with Crippen molar-refractivity contribution < 1.29 is 23.7 Å². The summed E-state index contributed by atoms with van der Waals surface area (Å²) in [5.74, 6) is 2.96. The maximum Gasteiger partial charge on any atom is 0.205 e. The largest absolute Gasteiger partial charge is 0.493 e. The van der Waals surface area contributed by atoms with Crippen molar-refractivity contribution in [3.8, 4) is 29.1 Å². The predicted octanol–water partition coefficient (Wildman–Crippen LogP) is 4.59. The first-order valence-electron chi connectivity index (χ1n) is 12.2. The van der Waals surface area contributed by atoms with E-state index in [0.717, 1.165) is 35.2 Å². The fourth-order valence-corrected chi connectivity index (χ4v) is 4.97. The van der Waals surface area contributed by atoms with Gasteiger partial charge in [-0.15, -0.1) is 0 Å². The van der Waals surface area contributed by atoms with Crippen LogP contribution in [0.4, 0.5) is 0 Å². The molecule has 8 nitrogen and oxygen atoms in total. The molecule has 0 aromatic heterocycles. The normalized spacial score (nSPS) is 18.7. The molecule has 0 fully saturated rings. The molecule has 2 N–H and O–H groups in total. The van der Waals surface area contributed by atoms with Crippen molar-refractivity contribution in [3.05, 3.63) is 75.9 Å². The van der Waals surface area contributed by atoms with Crippen molar-refractivity contribution in [2.24, 2.45) is 5.73 Å². The molecule has 2 aliphatic rings. The summed E-state index contributed by atoms with van der Waals surface area (Å²) < 4.78 is 28.0. The van der Waals surface area contributed by atoms with Crippen LogP contribution in [0.15, 0.2) is 64.8 Å². The molecule has 0 amide bonds. The van der Waals surface area contributed by atoms with Gasteiger partial charge in [-0.1, -0.05) is 19.1 Å². The minimum absolute atomic E-state index is 0.114. The molecule has 0 aliphatic carbocycles. The second kappa shape index (κ2) is 11.3. The van der Waals surface area contributed by atoms with E-state index in [9.17, 15) is 5.26 Å². The van der Waals surface area contributed by atoms with E-state index in [-0.39, 0.29) is 11.8 Å². The second-order valence-corrected chi connectivity index (χ2v) is 8.89. The van der Waals surface area contributed by atoms with Gasteiger partial charge < -0.3 is 29.4 Å². The van der Waals surface area contributed by atoms with Crippen LogP contribution in [0.2, 0.25) is 0 Å². The van der Waals surface area contributed by atoms with Crippen LogP contribution in [0.3, 0.4) is 0 Å². The van der Waals surface area contributed by atoms with Crippen molar-refractivity contribution in [2.75, 3.05) is 48.1 Å². The molecule has 2 heterocycles. The number of nitriles is 1. The van der Waals surface area contributed by atoms with E-state index < -0.39 is 0 Å². The van der Waals surface area contributed by atoms with E-state index in [1.807, 2.05) is 36.4 Å². The Balaban J connectivity index is 1.88. The monoisotopic (exact) mass is 503 g/mol. The maximum absolute atomic E-state index is 10.1. The van der Waals surface area contributed by atoms with Crippen LogP contribution >= 0.6 is 0 Å². The first-order chi connectivity index (χ1) is 18.0. The molecule has 8 heteroatoms. The number of benzene rings is 2. The summed E-state index contributed by atoms with van der Waals surface area (Å²) in [5.41, 5.74) is 10.5. The fraction of sp³-hybridized carbons (Fsp3) is 0.345. The number of hydrogen-bond donors (Lipinski definition) is 1. The van der Waals surface area contributed by atoms with Gasteiger partial charge in [-0.3, -0.25) is 4.90 Å². The van der Waals surface area contributed by atoms with E-state index in [4.69, 9.17) is 29.4 Å². The van der Waals surface area contributed by atoms with Crippen LogP contribution < -0.4 is 24.7 Å². The highest BCUT2D eigenvalue weighted by molar-refractivity contribution is 5.65. The van der Waals surface area contributed by atoms with Gasteiger partial charge in [0.2, 0.25) is 5.88 Å². The predicted molar refractivity (Wildman–Crippen MR) is 141 cm³/mol. The Hall–Kier alpha value is -4.09. The number of methoxy groups -OCH3 is 4. The third-order valence-corrected chi connectivity index (χ3v) is 6.64. The van der Waals surface area contributed by atoms with Crippen molar-refractivity contribution in [1.82, 2.24) is 4.90 Å². The number of ether oxygens (including phenoxy) is 5. The Morgan fingerprint density at radius 3 is 2.24 bits per heavy atom. The minimum Gasteiger partial charge on any atom is -0.493 e. The molecule has 0 saturated carbocycles. The van der Waals surface area contributed by atoms with Crippen LogP contribution in [0.5, 0.6) is 23.0 Å². The van der Waals surface area contributed by atoms with E-state index >= 15 is 0 Å². The number of rotatable bonds is 8. The lowest BCUT2D eigenvalue weighted by Gasteiger charge is -2.38. The minimum atomic E-state index is -0.373. The molecular weight excluding hydrogens is 470 g/mol. The molecule has 1 unspecified atom stereocenters. The molecule has 2 aromatic carbocycles. The average Bonchev–Trinajstić information content (AvgIpc) is 2.92. The Bertz CT molecular complexity index is 1310. The molecule has 0 spiro atoms. The van der Waals surface area contributed by atoms with Crippen LogP contribution in [-0.4, -0.2) is 53.0 Å². The molecule has 1 atom stereocenters. The van der Waals surface area contributed by atoms with Gasteiger partial charge in [0.15, 0.2) is 23.0 Å². The Morgan fingerprint density at radius 1 is 0.973 bits per heavy atom. The van der Waals surface area contributed by atoms with E-state index in [0.29, 0.717) is 47.4 Å². The lowest BCUT2D eigenvalue weighted by molar-refractivity contribution is 0.234.